The number of hydrogen-bond donors (Lipinski definition) is 1. The number of fused-ring (bicyclic) bond motifs is 1. The fraction of sp³-hybridized carbons (Fsp3) is 0.0417. The zero-order chi connectivity index (χ0) is 22.9. The van der Waals surface area contributed by atoms with Gasteiger partial charge in [-0.2, -0.15) is 5.26 Å². The number of H-pyrrole nitrogens is 1. The van der Waals surface area contributed by atoms with E-state index >= 15 is 4.39 Å². The predicted molar refractivity (Wildman–Crippen MR) is 122 cm³/mol. The largest absolute Gasteiger partial charge is 0.453 e. The van der Waals surface area contributed by atoms with E-state index in [0.717, 1.165) is 16.5 Å². The number of para-hydroxylation sites is 1. The van der Waals surface area contributed by atoms with Crippen molar-refractivity contribution in [1.29, 1.82) is 5.26 Å². The summed E-state index contributed by atoms with van der Waals surface area (Å²) in [7, 11) is 0. The van der Waals surface area contributed by atoms with Crippen molar-refractivity contribution in [3.8, 4) is 29.0 Å². The number of rotatable bonds is 5. The van der Waals surface area contributed by atoms with Crippen LogP contribution in [0.5, 0.6) is 11.5 Å². The molecule has 162 valence electrons. The Morgan fingerprint density at radius 2 is 1.97 bits per heavy atom. The molecule has 33 heavy (non-hydrogen) atoms. The molecular weight excluding hydrogens is 466 g/mol. The average Bonchev–Trinajstić information content (AvgIpc) is 3.47. The minimum atomic E-state index is -0.674. The topological polar surface area (TPSA) is 87.7 Å². The molecule has 3 aromatic carbocycles. The number of hydrogen-bond acceptors (Lipinski definition) is 5. The Bertz CT molecular complexity index is 1540. The van der Waals surface area contributed by atoms with Gasteiger partial charge in [0.05, 0.1) is 34.2 Å². The lowest BCUT2D eigenvalue weighted by Crippen LogP contribution is -1.98. The molecule has 0 aliphatic heterocycles. The summed E-state index contributed by atoms with van der Waals surface area (Å²) in [6.45, 7) is 0. The van der Waals surface area contributed by atoms with E-state index in [0.29, 0.717) is 5.89 Å². The van der Waals surface area contributed by atoms with Crippen LogP contribution < -0.4 is 4.74 Å². The van der Waals surface area contributed by atoms with Gasteiger partial charge in [0.2, 0.25) is 11.8 Å². The molecule has 0 aliphatic carbocycles. The van der Waals surface area contributed by atoms with Crippen molar-refractivity contribution in [2.75, 3.05) is 0 Å². The first-order chi connectivity index (χ1) is 16.0. The Morgan fingerprint density at radius 1 is 1.09 bits per heavy atom. The summed E-state index contributed by atoms with van der Waals surface area (Å²) in [6.07, 6.45) is 1.86. The van der Waals surface area contributed by atoms with Crippen LogP contribution in [0.1, 0.15) is 17.0 Å². The van der Waals surface area contributed by atoms with Gasteiger partial charge in [-0.1, -0.05) is 41.4 Å². The van der Waals surface area contributed by atoms with Crippen LogP contribution in [0.3, 0.4) is 0 Å². The van der Waals surface area contributed by atoms with Gasteiger partial charge >= 0.3 is 0 Å². The molecular formula is C24H13Cl2FN4O2. The fourth-order valence-electron chi connectivity index (χ4n) is 3.47. The molecule has 9 heteroatoms. The smallest absolute Gasteiger partial charge is 0.249 e. The van der Waals surface area contributed by atoms with Crippen LogP contribution in [0.2, 0.25) is 10.0 Å². The van der Waals surface area contributed by atoms with Gasteiger partial charge in [0.25, 0.3) is 0 Å². The number of benzene rings is 3. The second-order valence-corrected chi connectivity index (χ2v) is 8.01. The Labute approximate surface area is 197 Å². The van der Waals surface area contributed by atoms with E-state index in [4.69, 9.17) is 37.6 Å². The second-order valence-electron chi connectivity index (χ2n) is 7.16. The van der Waals surface area contributed by atoms with Crippen molar-refractivity contribution in [3.05, 3.63) is 93.7 Å². The molecule has 5 aromatic rings. The molecule has 0 unspecified atom stereocenters. The number of nitrogens with one attached hydrogen (secondary N) is 1. The van der Waals surface area contributed by atoms with Gasteiger partial charge in [0.15, 0.2) is 11.6 Å². The van der Waals surface area contributed by atoms with Crippen molar-refractivity contribution in [1.82, 2.24) is 15.2 Å². The Balaban J connectivity index is 1.44. The number of nitriles is 1. The fourth-order valence-corrected chi connectivity index (χ4v) is 3.88. The van der Waals surface area contributed by atoms with E-state index in [2.05, 4.69) is 15.2 Å². The van der Waals surface area contributed by atoms with E-state index in [9.17, 15) is 0 Å². The van der Waals surface area contributed by atoms with Crippen LogP contribution in [-0.2, 0) is 6.42 Å². The Morgan fingerprint density at radius 3 is 2.82 bits per heavy atom. The summed E-state index contributed by atoms with van der Waals surface area (Å²) in [5, 5.41) is 18.7. The van der Waals surface area contributed by atoms with Crippen molar-refractivity contribution >= 4 is 34.1 Å². The maximum Gasteiger partial charge on any atom is 0.249 e. The maximum atomic E-state index is 15.3. The highest BCUT2D eigenvalue weighted by molar-refractivity contribution is 6.32. The number of ether oxygens (including phenoxy) is 1. The third-order valence-corrected chi connectivity index (χ3v) is 5.49. The maximum absolute atomic E-state index is 15.3. The first kappa shape index (κ1) is 21.0. The Kier molecular flexibility index (Phi) is 5.47. The van der Waals surface area contributed by atoms with E-state index in [1.807, 2.05) is 36.5 Å². The Hall–Kier alpha value is -3.86. The van der Waals surface area contributed by atoms with Gasteiger partial charge in [0, 0.05) is 22.2 Å². The van der Waals surface area contributed by atoms with Gasteiger partial charge in [-0.15, -0.1) is 10.2 Å². The van der Waals surface area contributed by atoms with E-state index < -0.39 is 5.82 Å². The minimum absolute atomic E-state index is 0.0338. The summed E-state index contributed by atoms with van der Waals surface area (Å²) in [5.41, 5.74) is 2.16. The number of aromatic nitrogens is 3. The van der Waals surface area contributed by atoms with Crippen molar-refractivity contribution in [2.45, 2.75) is 6.42 Å². The van der Waals surface area contributed by atoms with Crippen molar-refractivity contribution < 1.29 is 13.5 Å². The predicted octanol–water partition coefficient (Wildman–Crippen LogP) is 6.92. The summed E-state index contributed by atoms with van der Waals surface area (Å²) >= 11 is 12.2. The second kappa shape index (κ2) is 8.58. The summed E-state index contributed by atoms with van der Waals surface area (Å²) in [6, 6.07) is 17.1. The standard InChI is InChI=1S/C24H13Cl2FN4O2/c25-16-8-13(12-28)9-17(11-16)32-23-19(26)5-4-15(21(23)27)10-20-30-31-24(33-20)18-3-1-2-14-6-7-29-22(14)18/h1-9,11,29H,10H2. The zero-order valence-electron chi connectivity index (χ0n) is 16.8. The lowest BCUT2D eigenvalue weighted by atomic mass is 10.1. The van der Waals surface area contributed by atoms with Gasteiger partial charge in [0.1, 0.15) is 5.75 Å². The van der Waals surface area contributed by atoms with Crippen LogP contribution >= 0.6 is 23.2 Å². The molecule has 0 bridgehead atoms. The van der Waals surface area contributed by atoms with Crippen LogP contribution in [0.4, 0.5) is 4.39 Å². The lowest BCUT2D eigenvalue weighted by Gasteiger charge is -2.11. The molecule has 2 aromatic heterocycles. The van der Waals surface area contributed by atoms with Crippen molar-refractivity contribution in [2.24, 2.45) is 0 Å². The molecule has 0 saturated carbocycles. The molecule has 0 aliphatic rings. The third-order valence-electron chi connectivity index (χ3n) is 4.98. The minimum Gasteiger partial charge on any atom is -0.453 e. The summed E-state index contributed by atoms with van der Waals surface area (Å²) in [4.78, 5) is 3.16. The van der Waals surface area contributed by atoms with Crippen LogP contribution in [0.25, 0.3) is 22.4 Å². The first-order valence-electron chi connectivity index (χ1n) is 9.76. The lowest BCUT2D eigenvalue weighted by molar-refractivity contribution is 0.437. The molecule has 0 spiro atoms. The highest BCUT2D eigenvalue weighted by Crippen LogP contribution is 2.36. The quantitative estimate of drug-likeness (QED) is 0.296. The first-order valence-corrected chi connectivity index (χ1v) is 10.5. The number of halogens is 3. The monoisotopic (exact) mass is 478 g/mol. The number of nitrogens with zero attached hydrogens (tertiary/aromatic N) is 3. The van der Waals surface area contributed by atoms with Gasteiger partial charge in [-0.3, -0.25) is 0 Å². The highest BCUT2D eigenvalue weighted by atomic mass is 35.5. The molecule has 5 rings (SSSR count). The van der Waals surface area contributed by atoms with E-state index in [-0.39, 0.29) is 45.0 Å². The summed E-state index contributed by atoms with van der Waals surface area (Å²) in [5.74, 6) is -0.110. The van der Waals surface area contributed by atoms with Gasteiger partial charge in [-0.05, 0) is 36.4 Å². The molecule has 0 radical (unpaired) electrons. The number of aromatic amines is 1. The summed E-state index contributed by atoms with van der Waals surface area (Å²) < 4.78 is 26.7. The molecule has 2 heterocycles. The SMILES string of the molecule is N#Cc1cc(Cl)cc(Oc2c(Cl)ccc(Cc3nnc(-c4cccc5cc[nH]c45)o3)c2F)c1. The van der Waals surface area contributed by atoms with Crippen LogP contribution in [0.15, 0.2) is 65.2 Å². The van der Waals surface area contributed by atoms with Crippen LogP contribution in [-0.4, -0.2) is 15.2 Å². The van der Waals surface area contributed by atoms with Crippen LogP contribution in [0, 0.1) is 17.1 Å². The molecule has 0 fully saturated rings. The third kappa shape index (κ3) is 4.14. The van der Waals surface area contributed by atoms with Gasteiger partial charge in [-0.25, -0.2) is 4.39 Å². The molecule has 6 nitrogen and oxygen atoms in total. The highest BCUT2D eigenvalue weighted by Gasteiger charge is 2.19. The molecule has 1 N–H and O–H groups in total. The van der Waals surface area contributed by atoms with Gasteiger partial charge < -0.3 is 14.1 Å². The normalized spacial score (nSPS) is 11.0. The molecule has 0 saturated heterocycles. The van der Waals surface area contributed by atoms with E-state index in [1.165, 1.54) is 30.3 Å². The molecule has 0 atom stereocenters. The van der Waals surface area contributed by atoms with Crippen molar-refractivity contribution in [3.63, 3.8) is 0 Å². The zero-order valence-corrected chi connectivity index (χ0v) is 18.3. The van der Waals surface area contributed by atoms with E-state index in [1.54, 1.807) is 0 Å². The average molecular weight is 479 g/mol. The molecule has 0 amide bonds.